The number of carbonyl (C=O) groups excluding carboxylic acids is 2. The summed E-state index contributed by atoms with van der Waals surface area (Å²) in [4.78, 5) is 37.2. The van der Waals surface area contributed by atoms with Gasteiger partial charge in [0.05, 0.1) is 13.0 Å². The van der Waals surface area contributed by atoms with Crippen molar-refractivity contribution < 1.29 is 19.5 Å². The molecule has 0 saturated heterocycles. The number of carboxylic acid groups (broad SMARTS) is 1. The third kappa shape index (κ3) is 4.98. The lowest BCUT2D eigenvalue weighted by molar-refractivity contribution is -0.137. The molecule has 0 spiro atoms. The molecule has 29 heavy (non-hydrogen) atoms. The Kier molecular flexibility index (Phi) is 6.23. The second-order valence-corrected chi connectivity index (χ2v) is 6.78. The Bertz CT molecular complexity index is 971. The number of nitrogens with one attached hydrogen (secondary N) is 3. The number of carbonyl (C=O) groups is 3. The normalized spacial score (nSPS) is 14.0. The summed E-state index contributed by atoms with van der Waals surface area (Å²) in [6.45, 7) is 2.32. The van der Waals surface area contributed by atoms with Gasteiger partial charge in [0.2, 0.25) is 12.4 Å². The van der Waals surface area contributed by atoms with E-state index >= 15 is 0 Å². The number of amides is 2. The van der Waals surface area contributed by atoms with Gasteiger partial charge in [0, 0.05) is 12.2 Å². The highest BCUT2D eigenvalue weighted by Gasteiger charge is 2.18. The quantitative estimate of drug-likeness (QED) is 0.509. The predicted octanol–water partition coefficient (Wildman–Crippen LogP) is 2.08. The van der Waals surface area contributed by atoms with E-state index in [-0.39, 0.29) is 24.8 Å². The monoisotopic (exact) mass is 394 g/mol. The number of hydrogen-bond acceptors (Lipinski definition) is 5. The molecule has 1 heterocycles. The number of guanidine groups is 1. The van der Waals surface area contributed by atoms with E-state index in [0.717, 1.165) is 27.9 Å². The van der Waals surface area contributed by atoms with E-state index in [2.05, 4.69) is 20.9 Å². The summed E-state index contributed by atoms with van der Waals surface area (Å²) >= 11 is 0. The van der Waals surface area contributed by atoms with E-state index in [1.807, 2.05) is 49.4 Å². The van der Waals surface area contributed by atoms with Crippen LogP contribution in [0, 0.1) is 0 Å². The average molecular weight is 394 g/mol. The van der Waals surface area contributed by atoms with Gasteiger partial charge in [0.25, 0.3) is 5.91 Å². The number of aliphatic imine (C=N–C) groups is 1. The first kappa shape index (κ1) is 20.1. The van der Waals surface area contributed by atoms with E-state index < -0.39 is 5.97 Å². The standard InChI is InChI=1S/C21H22N4O4/c1-13(8-20(28)29)16-6-3-7-17(18(16)10-22-12-26)14-4-2-5-15(9-14)24-21-23-11-19(27)25-21/h2-7,9,12-13H,8,10-11H2,1H3,(H,22,26)(H,28,29)(H2,23,24,25,27). The van der Waals surface area contributed by atoms with Crippen LogP contribution in [0.1, 0.15) is 30.4 Å². The second kappa shape index (κ2) is 9.01. The Hall–Kier alpha value is -3.68. The lowest BCUT2D eigenvalue weighted by Gasteiger charge is -2.19. The van der Waals surface area contributed by atoms with Crippen LogP contribution in [0.25, 0.3) is 11.1 Å². The Morgan fingerprint density at radius 3 is 2.79 bits per heavy atom. The molecule has 2 aromatic carbocycles. The van der Waals surface area contributed by atoms with Gasteiger partial charge in [0.1, 0.15) is 0 Å². The fourth-order valence-electron chi connectivity index (χ4n) is 3.39. The van der Waals surface area contributed by atoms with Crippen molar-refractivity contribution in [3.63, 3.8) is 0 Å². The zero-order valence-electron chi connectivity index (χ0n) is 15.9. The Balaban J connectivity index is 1.97. The topological polar surface area (TPSA) is 120 Å². The largest absolute Gasteiger partial charge is 0.481 e. The molecular weight excluding hydrogens is 372 g/mol. The molecule has 0 bridgehead atoms. The first-order chi connectivity index (χ1) is 14.0. The maximum absolute atomic E-state index is 11.3. The van der Waals surface area contributed by atoms with Crippen molar-refractivity contribution in [2.45, 2.75) is 25.8 Å². The van der Waals surface area contributed by atoms with Gasteiger partial charge in [-0.2, -0.15) is 4.99 Å². The summed E-state index contributed by atoms with van der Waals surface area (Å²) in [6, 6.07) is 13.3. The van der Waals surface area contributed by atoms with Crippen LogP contribution in [0.5, 0.6) is 0 Å². The molecular formula is C21H22N4O4. The first-order valence-corrected chi connectivity index (χ1v) is 9.21. The van der Waals surface area contributed by atoms with Crippen LogP contribution in [0.3, 0.4) is 0 Å². The number of benzene rings is 2. The molecule has 150 valence electrons. The fraction of sp³-hybridized carbons (Fsp3) is 0.238. The molecule has 3 rings (SSSR count). The van der Waals surface area contributed by atoms with E-state index in [0.29, 0.717) is 18.9 Å². The maximum Gasteiger partial charge on any atom is 0.303 e. The molecule has 4 N–H and O–H groups in total. The maximum atomic E-state index is 11.3. The van der Waals surface area contributed by atoms with Gasteiger partial charge < -0.3 is 21.1 Å². The Labute approximate surface area is 168 Å². The summed E-state index contributed by atoms with van der Waals surface area (Å²) < 4.78 is 0. The molecule has 1 aliphatic heterocycles. The number of aliphatic carboxylic acids is 1. The van der Waals surface area contributed by atoms with Crippen LogP contribution in [0.15, 0.2) is 47.5 Å². The molecule has 0 aromatic heterocycles. The highest BCUT2D eigenvalue weighted by molar-refractivity contribution is 6.07. The molecule has 8 heteroatoms. The van der Waals surface area contributed by atoms with Crippen LogP contribution in [0.4, 0.5) is 5.69 Å². The first-order valence-electron chi connectivity index (χ1n) is 9.21. The highest BCUT2D eigenvalue weighted by Crippen LogP contribution is 2.32. The van der Waals surface area contributed by atoms with Crippen LogP contribution in [-0.2, 0) is 20.9 Å². The van der Waals surface area contributed by atoms with Gasteiger partial charge in [0.15, 0.2) is 0 Å². The van der Waals surface area contributed by atoms with Gasteiger partial charge in [-0.05, 0) is 40.3 Å². The summed E-state index contributed by atoms with van der Waals surface area (Å²) in [5.41, 5.74) is 4.30. The smallest absolute Gasteiger partial charge is 0.303 e. The molecule has 1 aliphatic rings. The lowest BCUT2D eigenvalue weighted by Crippen LogP contribution is -2.26. The van der Waals surface area contributed by atoms with E-state index in [1.165, 1.54) is 0 Å². The van der Waals surface area contributed by atoms with Crippen molar-refractivity contribution in [2.24, 2.45) is 4.99 Å². The minimum atomic E-state index is -0.872. The van der Waals surface area contributed by atoms with Crippen molar-refractivity contribution in [2.75, 3.05) is 11.9 Å². The molecule has 0 fully saturated rings. The lowest BCUT2D eigenvalue weighted by atomic mass is 9.88. The summed E-state index contributed by atoms with van der Waals surface area (Å²) in [6.07, 6.45) is 0.625. The number of hydrogen-bond donors (Lipinski definition) is 4. The third-order valence-corrected chi connectivity index (χ3v) is 4.67. The fourth-order valence-corrected chi connectivity index (χ4v) is 3.39. The minimum absolute atomic E-state index is 0.00133. The van der Waals surface area contributed by atoms with Crippen molar-refractivity contribution in [3.8, 4) is 11.1 Å². The Morgan fingerprint density at radius 1 is 1.31 bits per heavy atom. The van der Waals surface area contributed by atoms with Crippen LogP contribution in [0.2, 0.25) is 0 Å². The zero-order valence-corrected chi connectivity index (χ0v) is 15.9. The van der Waals surface area contributed by atoms with Gasteiger partial charge >= 0.3 is 5.97 Å². The van der Waals surface area contributed by atoms with E-state index in [4.69, 9.17) is 5.11 Å². The van der Waals surface area contributed by atoms with E-state index in [9.17, 15) is 14.4 Å². The molecule has 2 amide bonds. The zero-order chi connectivity index (χ0) is 20.8. The average Bonchev–Trinajstić information content (AvgIpc) is 3.10. The SMILES string of the molecule is CC(CC(=O)O)c1cccc(-c2cccc(NC3=NC(=O)CN3)c2)c1CNC=O. The summed E-state index contributed by atoms with van der Waals surface area (Å²) in [5, 5.41) is 17.8. The van der Waals surface area contributed by atoms with Gasteiger partial charge in [-0.15, -0.1) is 0 Å². The van der Waals surface area contributed by atoms with Gasteiger partial charge in [-0.3, -0.25) is 14.4 Å². The molecule has 0 aliphatic carbocycles. The van der Waals surface area contributed by atoms with Crippen molar-refractivity contribution >= 4 is 29.9 Å². The van der Waals surface area contributed by atoms with Crippen molar-refractivity contribution in [1.29, 1.82) is 0 Å². The van der Waals surface area contributed by atoms with Crippen LogP contribution < -0.4 is 16.0 Å². The number of nitrogens with zero attached hydrogens (tertiary/aromatic N) is 1. The van der Waals surface area contributed by atoms with Crippen LogP contribution >= 0.6 is 0 Å². The molecule has 0 radical (unpaired) electrons. The van der Waals surface area contributed by atoms with Crippen molar-refractivity contribution in [1.82, 2.24) is 10.6 Å². The number of carboxylic acids is 1. The van der Waals surface area contributed by atoms with Gasteiger partial charge in [-0.1, -0.05) is 37.3 Å². The molecule has 1 atom stereocenters. The summed E-state index contributed by atoms with van der Waals surface area (Å²) in [7, 11) is 0. The van der Waals surface area contributed by atoms with Crippen LogP contribution in [-0.4, -0.2) is 35.9 Å². The minimum Gasteiger partial charge on any atom is -0.481 e. The molecule has 2 aromatic rings. The Morgan fingerprint density at radius 2 is 2.10 bits per heavy atom. The molecule has 8 nitrogen and oxygen atoms in total. The second-order valence-electron chi connectivity index (χ2n) is 6.78. The van der Waals surface area contributed by atoms with Gasteiger partial charge in [-0.25, -0.2) is 0 Å². The third-order valence-electron chi connectivity index (χ3n) is 4.67. The number of anilines is 1. The highest BCUT2D eigenvalue weighted by atomic mass is 16.4. The molecule has 0 saturated carbocycles. The molecule has 1 unspecified atom stereocenters. The van der Waals surface area contributed by atoms with E-state index in [1.54, 1.807) is 0 Å². The summed E-state index contributed by atoms with van der Waals surface area (Å²) in [5.74, 6) is -0.909. The number of rotatable bonds is 8. The van der Waals surface area contributed by atoms with Crippen molar-refractivity contribution in [3.05, 3.63) is 53.6 Å². The predicted molar refractivity (Wildman–Crippen MR) is 110 cm³/mol.